The summed E-state index contributed by atoms with van der Waals surface area (Å²) in [5.41, 5.74) is 2.48. The zero-order valence-electron chi connectivity index (χ0n) is 27.1. The van der Waals surface area contributed by atoms with E-state index in [1.807, 2.05) is 24.3 Å². The number of carbonyl (C=O) groups is 3. The fourth-order valence-corrected chi connectivity index (χ4v) is 6.32. The van der Waals surface area contributed by atoms with Crippen molar-refractivity contribution in [3.63, 3.8) is 0 Å². The number of piperidine rings is 1. The Bertz CT molecular complexity index is 1580. The van der Waals surface area contributed by atoms with Gasteiger partial charge in [-0.05, 0) is 61.7 Å². The number of amides is 3. The highest BCUT2D eigenvalue weighted by Gasteiger charge is 2.23. The quantitative estimate of drug-likeness (QED) is 0.289. The van der Waals surface area contributed by atoms with Gasteiger partial charge < -0.3 is 20.1 Å². The average Bonchev–Trinajstić information content (AvgIpc) is 3.06. The molecule has 2 saturated heterocycles. The first kappa shape index (κ1) is 35.3. The lowest BCUT2D eigenvalue weighted by Crippen LogP contribution is -2.48. The van der Waals surface area contributed by atoms with E-state index in [-0.39, 0.29) is 12.3 Å². The van der Waals surface area contributed by atoms with Crippen LogP contribution in [0.3, 0.4) is 0 Å². The van der Waals surface area contributed by atoms with Crippen LogP contribution in [0.15, 0.2) is 42.7 Å². The van der Waals surface area contributed by atoms with Crippen LogP contribution in [-0.2, 0) is 16.1 Å². The van der Waals surface area contributed by atoms with E-state index in [0.29, 0.717) is 85.0 Å². The summed E-state index contributed by atoms with van der Waals surface area (Å²) >= 11 is 12.6. The zero-order valence-corrected chi connectivity index (χ0v) is 28.6. The summed E-state index contributed by atoms with van der Waals surface area (Å²) in [5, 5.41) is 12.9. The molecule has 0 aliphatic carbocycles. The van der Waals surface area contributed by atoms with Gasteiger partial charge in [-0.2, -0.15) is 0 Å². The molecule has 2 fully saturated rings. The van der Waals surface area contributed by atoms with E-state index < -0.39 is 12.0 Å². The number of nitrogens with zero attached hydrogens (tertiary/aromatic N) is 7. The Morgan fingerprint density at radius 3 is 2.25 bits per heavy atom. The Hall–Kier alpha value is -4.04. The Kier molecular flexibility index (Phi) is 12.0. The highest BCUT2D eigenvalue weighted by atomic mass is 35.5. The summed E-state index contributed by atoms with van der Waals surface area (Å²) in [7, 11) is 1.26. The van der Waals surface area contributed by atoms with E-state index >= 15 is 0 Å². The molecule has 5 rings (SSSR count). The van der Waals surface area contributed by atoms with Crippen molar-refractivity contribution in [2.75, 3.05) is 64.3 Å². The molecular formula is C33H40Cl2N8O5. The number of carbonyl (C=O) groups excluding carboxylic acids is 2. The summed E-state index contributed by atoms with van der Waals surface area (Å²) in [5.74, 6) is 1.46. The third kappa shape index (κ3) is 9.99. The van der Waals surface area contributed by atoms with Crippen LogP contribution in [0.2, 0.25) is 10.0 Å². The number of halogens is 2. The van der Waals surface area contributed by atoms with Crippen LogP contribution in [0.25, 0.3) is 11.3 Å². The first-order valence-corrected chi connectivity index (χ1v) is 16.7. The molecule has 3 aromatic rings. The summed E-state index contributed by atoms with van der Waals surface area (Å²) in [6.07, 6.45) is 4.16. The molecular weight excluding hydrogens is 659 g/mol. The van der Waals surface area contributed by atoms with Gasteiger partial charge in [0.25, 0.3) is 0 Å². The molecule has 256 valence electrons. The smallest absolute Gasteiger partial charge is 0.413 e. The van der Waals surface area contributed by atoms with Gasteiger partial charge in [0.2, 0.25) is 23.6 Å². The van der Waals surface area contributed by atoms with Crippen molar-refractivity contribution in [2.24, 2.45) is 5.92 Å². The van der Waals surface area contributed by atoms with Gasteiger partial charge in [-0.3, -0.25) is 24.3 Å². The molecule has 0 atom stereocenters. The second-order valence-electron chi connectivity index (χ2n) is 12.1. The largest absolute Gasteiger partial charge is 0.465 e. The number of ether oxygens (including phenoxy) is 1. The van der Waals surface area contributed by atoms with E-state index in [2.05, 4.69) is 30.0 Å². The van der Waals surface area contributed by atoms with Crippen molar-refractivity contribution >= 4 is 47.1 Å². The summed E-state index contributed by atoms with van der Waals surface area (Å²) < 4.78 is 6.19. The second kappa shape index (κ2) is 16.4. The number of imide groups is 1. The first-order valence-electron chi connectivity index (χ1n) is 15.9. The molecule has 48 heavy (non-hydrogen) atoms. The van der Waals surface area contributed by atoms with Gasteiger partial charge in [0.1, 0.15) is 0 Å². The van der Waals surface area contributed by atoms with Crippen molar-refractivity contribution < 1.29 is 24.2 Å². The highest BCUT2D eigenvalue weighted by Crippen LogP contribution is 2.31. The summed E-state index contributed by atoms with van der Waals surface area (Å²) in [4.78, 5) is 55.4. The fourth-order valence-electron chi connectivity index (χ4n) is 5.79. The van der Waals surface area contributed by atoms with Crippen molar-refractivity contribution in [2.45, 2.75) is 32.7 Å². The van der Waals surface area contributed by atoms with Crippen LogP contribution >= 0.6 is 23.2 Å². The lowest BCUT2D eigenvalue weighted by Gasteiger charge is -2.34. The number of pyridine rings is 1. The van der Waals surface area contributed by atoms with E-state index in [9.17, 15) is 14.4 Å². The lowest BCUT2D eigenvalue weighted by atomic mass is 9.96. The highest BCUT2D eigenvalue weighted by molar-refractivity contribution is 6.35. The number of aromatic nitrogens is 3. The van der Waals surface area contributed by atoms with Crippen LogP contribution in [0.4, 0.5) is 10.7 Å². The summed E-state index contributed by atoms with van der Waals surface area (Å²) in [6, 6.07) is 9.27. The van der Waals surface area contributed by atoms with Crippen molar-refractivity contribution in [1.29, 1.82) is 0 Å². The summed E-state index contributed by atoms with van der Waals surface area (Å²) in [6.45, 7) is 8.04. The molecule has 1 aromatic carbocycles. The molecule has 0 saturated carbocycles. The molecule has 0 unspecified atom stereocenters. The topological polar surface area (TPSA) is 144 Å². The van der Waals surface area contributed by atoms with Crippen LogP contribution in [-0.4, -0.2) is 112 Å². The van der Waals surface area contributed by atoms with Gasteiger partial charge in [-0.25, -0.2) is 19.7 Å². The number of carboxylic acid groups (broad SMARTS) is 1. The normalized spacial score (nSPS) is 16.0. The van der Waals surface area contributed by atoms with Gasteiger partial charge in [0.05, 0.1) is 18.1 Å². The Morgan fingerprint density at radius 1 is 0.958 bits per heavy atom. The van der Waals surface area contributed by atoms with Crippen LogP contribution in [0, 0.1) is 5.92 Å². The SMILES string of the molecule is CC(=O)NCC1CCN(Cc2cc(Oc3cnc(N4CCN(CCC(=O)N(C)C(=O)O)CC4)nc3)nc(-c3cc(Cl)cc(Cl)c3)c2)CC1. The number of rotatable bonds is 11. The molecule has 0 spiro atoms. The van der Waals surface area contributed by atoms with Gasteiger partial charge >= 0.3 is 6.09 Å². The molecule has 13 nitrogen and oxygen atoms in total. The number of hydrogen-bond acceptors (Lipinski definition) is 10. The third-order valence-electron chi connectivity index (χ3n) is 8.57. The van der Waals surface area contributed by atoms with Crippen LogP contribution in [0.1, 0.15) is 31.7 Å². The van der Waals surface area contributed by atoms with Crippen LogP contribution in [0.5, 0.6) is 11.6 Å². The van der Waals surface area contributed by atoms with Crippen molar-refractivity contribution in [3.05, 3.63) is 58.3 Å². The minimum Gasteiger partial charge on any atom is -0.465 e. The molecule has 2 N–H and O–H groups in total. The maximum Gasteiger partial charge on any atom is 0.413 e. The lowest BCUT2D eigenvalue weighted by molar-refractivity contribution is -0.128. The Morgan fingerprint density at radius 2 is 1.62 bits per heavy atom. The van der Waals surface area contributed by atoms with E-state index in [0.717, 1.165) is 42.0 Å². The number of hydrogen-bond donors (Lipinski definition) is 2. The fraction of sp³-hybridized carbons (Fsp3) is 0.455. The molecule has 2 aliphatic heterocycles. The average molecular weight is 700 g/mol. The van der Waals surface area contributed by atoms with Gasteiger partial charge in [-0.1, -0.05) is 23.2 Å². The molecule has 3 amide bonds. The molecule has 2 aliphatic rings. The monoisotopic (exact) mass is 698 g/mol. The number of anilines is 1. The van der Waals surface area contributed by atoms with Crippen molar-refractivity contribution in [1.82, 2.24) is 35.0 Å². The first-order chi connectivity index (χ1) is 23.0. The number of likely N-dealkylation sites (tertiary alicyclic amines) is 1. The second-order valence-corrected chi connectivity index (χ2v) is 13.0. The maximum atomic E-state index is 12.0. The molecule has 0 bridgehead atoms. The molecule has 2 aromatic heterocycles. The van der Waals surface area contributed by atoms with E-state index in [1.54, 1.807) is 25.4 Å². The van der Waals surface area contributed by atoms with E-state index in [1.165, 1.54) is 7.05 Å². The Balaban J connectivity index is 1.22. The minimum absolute atomic E-state index is 0.00436. The molecule has 4 heterocycles. The third-order valence-corrected chi connectivity index (χ3v) is 9.00. The number of nitrogens with one attached hydrogen (secondary N) is 1. The van der Waals surface area contributed by atoms with Gasteiger partial charge in [-0.15, -0.1) is 0 Å². The maximum absolute atomic E-state index is 12.0. The minimum atomic E-state index is -1.25. The number of piperazine rings is 1. The number of benzene rings is 1. The van der Waals surface area contributed by atoms with Crippen LogP contribution < -0.4 is 15.0 Å². The van der Waals surface area contributed by atoms with E-state index in [4.69, 9.17) is 38.0 Å². The van der Waals surface area contributed by atoms with Crippen molar-refractivity contribution in [3.8, 4) is 22.9 Å². The molecule has 0 radical (unpaired) electrons. The molecule has 15 heteroatoms. The Labute approximate surface area is 289 Å². The van der Waals surface area contributed by atoms with Gasteiger partial charge in [0, 0.05) is 87.9 Å². The predicted octanol–water partition coefficient (Wildman–Crippen LogP) is 4.63. The predicted molar refractivity (Wildman–Crippen MR) is 183 cm³/mol. The standard InChI is InChI=1S/C33H40Cl2N8O5/c1-22(44)36-18-23-3-6-42(7-4-23)21-24-13-29(25-15-26(34)17-27(35)16-25)39-30(14-24)48-28-19-37-32(38-20-28)43-11-9-41(10-12-43)8-5-31(45)40(2)33(46)47/h13-17,19-20,23H,3-12,18,21H2,1-2H3,(H,36,44)(H,46,47). The van der Waals surface area contributed by atoms with Gasteiger partial charge in [0.15, 0.2) is 5.75 Å². The zero-order chi connectivity index (χ0) is 34.2.